The maximum absolute atomic E-state index is 12.5. The molecule has 6 heteroatoms. The van der Waals surface area contributed by atoms with Crippen molar-refractivity contribution in [3.8, 4) is 5.13 Å². The number of aromatic nitrogens is 2. The Labute approximate surface area is 143 Å². The van der Waals surface area contributed by atoms with Crippen molar-refractivity contribution in [2.75, 3.05) is 0 Å². The van der Waals surface area contributed by atoms with Crippen molar-refractivity contribution in [3.63, 3.8) is 0 Å². The zero-order chi connectivity index (χ0) is 16.4. The van der Waals surface area contributed by atoms with E-state index >= 15 is 0 Å². The van der Waals surface area contributed by atoms with Crippen molar-refractivity contribution < 1.29 is 4.79 Å². The average Bonchev–Trinajstić information content (AvgIpc) is 3.25. The van der Waals surface area contributed by atoms with Gasteiger partial charge in [0.15, 0.2) is 5.13 Å². The molecule has 4 nitrogen and oxygen atoms in total. The molecule has 3 rings (SSSR count). The first-order chi connectivity index (χ1) is 11.1. The first kappa shape index (κ1) is 16.0. The summed E-state index contributed by atoms with van der Waals surface area (Å²) in [4.78, 5) is 19.4. The van der Waals surface area contributed by atoms with Crippen LogP contribution in [0.4, 0.5) is 0 Å². The van der Waals surface area contributed by atoms with Crippen LogP contribution in [0.15, 0.2) is 29.8 Å². The second-order valence-electron chi connectivity index (χ2n) is 5.34. The number of amides is 1. The molecule has 0 spiro atoms. The second-order valence-corrected chi connectivity index (χ2v) is 7.47. The van der Waals surface area contributed by atoms with E-state index in [1.165, 1.54) is 9.75 Å². The quantitative estimate of drug-likeness (QED) is 0.756. The standard InChI is InChI=1S/C17H19N3OS2/c1-4-13-5-6-14(23-13)10-19-16(21)15-9-11(2)20(12(15)3)17-18-7-8-22-17/h5-9H,4,10H2,1-3H3,(H,19,21). The molecule has 0 bridgehead atoms. The summed E-state index contributed by atoms with van der Waals surface area (Å²) < 4.78 is 2.03. The van der Waals surface area contributed by atoms with Crippen molar-refractivity contribution in [2.45, 2.75) is 33.7 Å². The van der Waals surface area contributed by atoms with Gasteiger partial charge < -0.3 is 5.32 Å². The molecule has 0 fully saturated rings. The second kappa shape index (κ2) is 6.68. The molecule has 0 atom stereocenters. The molecular formula is C17H19N3OS2. The van der Waals surface area contributed by atoms with Gasteiger partial charge in [-0.1, -0.05) is 6.92 Å². The van der Waals surface area contributed by atoms with Crippen LogP contribution in [0.5, 0.6) is 0 Å². The minimum Gasteiger partial charge on any atom is -0.347 e. The Morgan fingerprint density at radius 3 is 2.74 bits per heavy atom. The van der Waals surface area contributed by atoms with Gasteiger partial charge in [0.05, 0.1) is 12.1 Å². The summed E-state index contributed by atoms with van der Waals surface area (Å²) in [7, 11) is 0. The molecule has 0 aliphatic carbocycles. The number of carbonyl (C=O) groups excluding carboxylic acids is 1. The van der Waals surface area contributed by atoms with Gasteiger partial charge in [-0.3, -0.25) is 9.36 Å². The third-order valence-corrected chi connectivity index (χ3v) is 5.76. The van der Waals surface area contributed by atoms with E-state index in [-0.39, 0.29) is 5.91 Å². The van der Waals surface area contributed by atoms with E-state index in [9.17, 15) is 4.79 Å². The number of carbonyl (C=O) groups is 1. The fraction of sp³-hybridized carbons (Fsp3) is 0.294. The predicted octanol–water partition coefficient (Wildman–Crippen LogP) is 4.10. The van der Waals surface area contributed by atoms with E-state index in [1.807, 2.05) is 29.9 Å². The molecule has 0 aliphatic heterocycles. The van der Waals surface area contributed by atoms with E-state index in [1.54, 1.807) is 28.9 Å². The molecule has 3 heterocycles. The van der Waals surface area contributed by atoms with Crippen molar-refractivity contribution in [2.24, 2.45) is 0 Å². The Kier molecular flexibility index (Phi) is 4.63. The minimum absolute atomic E-state index is 0.0349. The van der Waals surface area contributed by atoms with Gasteiger partial charge in [-0.15, -0.1) is 22.7 Å². The van der Waals surface area contributed by atoms with Crippen LogP contribution in [0, 0.1) is 13.8 Å². The Bertz CT molecular complexity index is 815. The Morgan fingerprint density at radius 2 is 2.09 bits per heavy atom. The average molecular weight is 345 g/mol. The summed E-state index contributed by atoms with van der Waals surface area (Å²) in [6.07, 6.45) is 2.81. The fourth-order valence-electron chi connectivity index (χ4n) is 2.58. The van der Waals surface area contributed by atoms with E-state index in [4.69, 9.17) is 0 Å². The first-order valence-corrected chi connectivity index (χ1v) is 9.24. The number of aryl methyl sites for hydroxylation is 2. The van der Waals surface area contributed by atoms with Crippen LogP contribution in [-0.4, -0.2) is 15.5 Å². The van der Waals surface area contributed by atoms with Gasteiger partial charge in [0, 0.05) is 32.7 Å². The molecule has 1 N–H and O–H groups in total. The smallest absolute Gasteiger partial charge is 0.253 e. The van der Waals surface area contributed by atoms with Crippen LogP contribution in [0.3, 0.4) is 0 Å². The highest BCUT2D eigenvalue weighted by Crippen LogP contribution is 2.22. The van der Waals surface area contributed by atoms with Gasteiger partial charge in [0.25, 0.3) is 5.91 Å². The van der Waals surface area contributed by atoms with Crippen LogP contribution in [0.25, 0.3) is 5.13 Å². The summed E-state index contributed by atoms with van der Waals surface area (Å²) in [5.41, 5.74) is 2.66. The largest absolute Gasteiger partial charge is 0.347 e. The number of hydrogen-bond acceptors (Lipinski definition) is 4. The number of thiophene rings is 1. The molecule has 0 unspecified atom stereocenters. The van der Waals surface area contributed by atoms with Crippen molar-refractivity contribution in [3.05, 3.63) is 56.5 Å². The lowest BCUT2D eigenvalue weighted by atomic mass is 10.2. The van der Waals surface area contributed by atoms with Gasteiger partial charge >= 0.3 is 0 Å². The van der Waals surface area contributed by atoms with Crippen LogP contribution < -0.4 is 5.32 Å². The summed E-state index contributed by atoms with van der Waals surface area (Å²) in [5, 5.41) is 5.85. The maximum Gasteiger partial charge on any atom is 0.253 e. The molecule has 0 radical (unpaired) electrons. The molecular weight excluding hydrogens is 326 g/mol. The van der Waals surface area contributed by atoms with Crippen LogP contribution in [0.1, 0.15) is 38.4 Å². The number of hydrogen-bond donors (Lipinski definition) is 1. The van der Waals surface area contributed by atoms with Crippen molar-refractivity contribution in [1.29, 1.82) is 0 Å². The van der Waals surface area contributed by atoms with Gasteiger partial charge in [0.1, 0.15) is 0 Å². The lowest BCUT2D eigenvalue weighted by Crippen LogP contribution is -2.22. The number of nitrogens with zero attached hydrogens (tertiary/aromatic N) is 2. The highest BCUT2D eigenvalue weighted by molar-refractivity contribution is 7.12. The number of rotatable bonds is 5. The van der Waals surface area contributed by atoms with Gasteiger partial charge in [-0.25, -0.2) is 4.98 Å². The number of thiazole rings is 1. The van der Waals surface area contributed by atoms with E-state index in [2.05, 4.69) is 29.4 Å². The Morgan fingerprint density at radius 1 is 1.30 bits per heavy atom. The SMILES string of the molecule is CCc1ccc(CNC(=O)c2cc(C)n(-c3nccs3)c2C)s1. The molecule has 0 aromatic carbocycles. The topological polar surface area (TPSA) is 46.9 Å². The summed E-state index contributed by atoms with van der Waals surface area (Å²) >= 11 is 3.32. The van der Waals surface area contributed by atoms with Gasteiger partial charge in [0.2, 0.25) is 0 Å². The third kappa shape index (κ3) is 3.23. The first-order valence-electron chi connectivity index (χ1n) is 7.54. The zero-order valence-electron chi connectivity index (χ0n) is 13.4. The summed E-state index contributed by atoms with van der Waals surface area (Å²) in [6.45, 7) is 6.67. The lowest BCUT2D eigenvalue weighted by Gasteiger charge is -2.06. The fourth-order valence-corrected chi connectivity index (χ4v) is 4.23. The van der Waals surface area contributed by atoms with E-state index in [0.717, 1.165) is 22.9 Å². The van der Waals surface area contributed by atoms with Crippen LogP contribution in [-0.2, 0) is 13.0 Å². The molecule has 0 saturated heterocycles. The monoisotopic (exact) mass is 345 g/mol. The molecule has 3 aromatic rings. The normalized spacial score (nSPS) is 10.9. The van der Waals surface area contributed by atoms with Crippen molar-refractivity contribution in [1.82, 2.24) is 14.9 Å². The molecule has 120 valence electrons. The van der Waals surface area contributed by atoms with Gasteiger partial charge in [-0.05, 0) is 38.5 Å². The van der Waals surface area contributed by atoms with Crippen LogP contribution in [0.2, 0.25) is 0 Å². The maximum atomic E-state index is 12.5. The molecule has 1 amide bonds. The highest BCUT2D eigenvalue weighted by Gasteiger charge is 2.17. The van der Waals surface area contributed by atoms with Crippen molar-refractivity contribution >= 4 is 28.6 Å². The molecule has 3 aromatic heterocycles. The highest BCUT2D eigenvalue weighted by atomic mass is 32.1. The third-order valence-electron chi connectivity index (χ3n) is 3.78. The molecule has 23 heavy (non-hydrogen) atoms. The molecule has 0 aliphatic rings. The van der Waals surface area contributed by atoms with Crippen LogP contribution >= 0.6 is 22.7 Å². The van der Waals surface area contributed by atoms with E-state index < -0.39 is 0 Å². The number of nitrogens with one attached hydrogen (secondary N) is 1. The minimum atomic E-state index is -0.0349. The zero-order valence-corrected chi connectivity index (χ0v) is 15.1. The Hall–Kier alpha value is -1.92. The summed E-state index contributed by atoms with van der Waals surface area (Å²) in [5.74, 6) is -0.0349. The van der Waals surface area contributed by atoms with E-state index in [0.29, 0.717) is 12.1 Å². The lowest BCUT2D eigenvalue weighted by molar-refractivity contribution is 0.0950. The van der Waals surface area contributed by atoms with Gasteiger partial charge in [-0.2, -0.15) is 0 Å². The predicted molar refractivity (Wildman–Crippen MR) is 95.8 cm³/mol. The molecule has 0 saturated carbocycles. The Balaban J connectivity index is 1.76. The summed E-state index contributed by atoms with van der Waals surface area (Å²) in [6, 6.07) is 6.14.